The molecule has 0 radical (unpaired) electrons. The summed E-state index contributed by atoms with van der Waals surface area (Å²) in [6.07, 6.45) is 18.2. The molecule has 0 bridgehead atoms. The first kappa shape index (κ1) is 18.4. The van der Waals surface area contributed by atoms with Crippen molar-refractivity contribution >= 4 is 0 Å². The van der Waals surface area contributed by atoms with Crippen molar-refractivity contribution in [3.8, 4) is 0 Å². The lowest BCUT2D eigenvalue weighted by molar-refractivity contribution is -0.166. The Morgan fingerprint density at radius 1 is 0.760 bits per heavy atom. The standard InChI is InChI=1S/C25H44/c1-6-9-18(2)20-11-12-21-24(20,4)17-14-22-23(3)15-8-7-10-19(23)13-16-25(21,22)5/h18-22H,6-17H2,1-5H3/t18-,19?,20?,21?,22?,23?,24?,25?/m1/s1. The van der Waals surface area contributed by atoms with Crippen LogP contribution >= 0.6 is 0 Å². The smallest absolute Gasteiger partial charge is 0.0259 e. The Kier molecular flexibility index (Phi) is 4.61. The molecule has 144 valence electrons. The van der Waals surface area contributed by atoms with E-state index in [-0.39, 0.29) is 0 Å². The molecule has 0 nitrogen and oxygen atoms in total. The maximum atomic E-state index is 2.77. The molecule has 0 aromatic rings. The zero-order valence-corrected chi connectivity index (χ0v) is 17.9. The monoisotopic (exact) mass is 344 g/mol. The predicted octanol–water partition coefficient (Wildman–Crippen LogP) is 7.86. The summed E-state index contributed by atoms with van der Waals surface area (Å²) in [4.78, 5) is 0. The summed E-state index contributed by atoms with van der Waals surface area (Å²) in [5, 5.41) is 0. The van der Waals surface area contributed by atoms with Crippen LogP contribution in [0, 0.1) is 45.8 Å². The van der Waals surface area contributed by atoms with E-state index in [1.165, 1.54) is 38.5 Å². The van der Waals surface area contributed by atoms with Crippen molar-refractivity contribution in [1.29, 1.82) is 0 Å². The molecular formula is C25H44. The third-order valence-electron chi connectivity index (χ3n) is 10.7. The van der Waals surface area contributed by atoms with E-state index in [0.29, 0.717) is 16.2 Å². The largest absolute Gasteiger partial charge is 0.0654 e. The first-order valence-electron chi connectivity index (χ1n) is 11.9. The number of fused-ring (bicyclic) bond motifs is 5. The van der Waals surface area contributed by atoms with Crippen molar-refractivity contribution < 1.29 is 0 Å². The van der Waals surface area contributed by atoms with Gasteiger partial charge in [-0.2, -0.15) is 0 Å². The third kappa shape index (κ3) is 2.51. The van der Waals surface area contributed by atoms with Crippen LogP contribution in [0.1, 0.15) is 112 Å². The van der Waals surface area contributed by atoms with Crippen LogP contribution in [0.25, 0.3) is 0 Å². The van der Waals surface area contributed by atoms with Crippen molar-refractivity contribution in [3.63, 3.8) is 0 Å². The second kappa shape index (κ2) is 6.27. The molecule has 0 aromatic carbocycles. The Morgan fingerprint density at radius 2 is 1.48 bits per heavy atom. The minimum absolute atomic E-state index is 0.649. The average molecular weight is 345 g/mol. The summed E-state index contributed by atoms with van der Waals surface area (Å²) in [5.41, 5.74) is 1.98. The molecule has 4 aliphatic carbocycles. The van der Waals surface area contributed by atoms with Crippen LogP contribution in [-0.4, -0.2) is 0 Å². The van der Waals surface area contributed by atoms with Crippen molar-refractivity contribution in [2.75, 3.05) is 0 Å². The van der Waals surface area contributed by atoms with Gasteiger partial charge in [0.25, 0.3) is 0 Å². The van der Waals surface area contributed by atoms with Crippen molar-refractivity contribution in [1.82, 2.24) is 0 Å². The highest BCUT2D eigenvalue weighted by Gasteiger charge is 2.64. The van der Waals surface area contributed by atoms with Gasteiger partial charge >= 0.3 is 0 Å². The Morgan fingerprint density at radius 3 is 2.24 bits per heavy atom. The van der Waals surface area contributed by atoms with Crippen LogP contribution in [0.3, 0.4) is 0 Å². The van der Waals surface area contributed by atoms with Gasteiger partial charge in [-0.25, -0.2) is 0 Å². The van der Waals surface area contributed by atoms with E-state index < -0.39 is 0 Å². The van der Waals surface area contributed by atoms with Gasteiger partial charge in [0.05, 0.1) is 0 Å². The summed E-state index contributed by atoms with van der Waals surface area (Å²) in [6, 6.07) is 0. The molecule has 0 amide bonds. The van der Waals surface area contributed by atoms with Gasteiger partial charge in [-0.05, 0) is 97.2 Å². The van der Waals surface area contributed by atoms with E-state index in [9.17, 15) is 0 Å². The second-order valence-corrected chi connectivity index (χ2v) is 11.6. The first-order chi connectivity index (χ1) is 11.9. The van der Waals surface area contributed by atoms with Gasteiger partial charge in [0.15, 0.2) is 0 Å². The van der Waals surface area contributed by atoms with Gasteiger partial charge in [-0.3, -0.25) is 0 Å². The fourth-order valence-electron chi connectivity index (χ4n) is 9.61. The minimum atomic E-state index is 0.649. The lowest BCUT2D eigenvalue weighted by atomic mass is 9.39. The maximum absolute atomic E-state index is 2.77. The van der Waals surface area contributed by atoms with Crippen molar-refractivity contribution in [3.05, 3.63) is 0 Å². The molecule has 4 saturated carbocycles. The van der Waals surface area contributed by atoms with Crippen molar-refractivity contribution in [2.45, 2.75) is 112 Å². The number of hydrogen-bond donors (Lipinski definition) is 0. The van der Waals surface area contributed by atoms with Crippen LogP contribution in [-0.2, 0) is 0 Å². The molecular weight excluding hydrogens is 300 g/mol. The molecule has 0 heterocycles. The molecule has 0 aromatic heterocycles. The summed E-state index contributed by atoms with van der Waals surface area (Å²) in [6.45, 7) is 13.2. The normalized spacial score (nSPS) is 53.6. The quantitative estimate of drug-likeness (QED) is 0.488. The fraction of sp³-hybridized carbons (Fsp3) is 1.00. The van der Waals surface area contributed by atoms with Gasteiger partial charge in [0.1, 0.15) is 0 Å². The molecule has 0 spiro atoms. The summed E-state index contributed by atoms with van der Waals surface area (Å²) < 4.78 is 0. The second-order valence-electron chi connectivity index (χ2n) is 11.6. The van der Waals surface area contributed by atoms with E-state index in [2.05, 4.69) is 34.6 Å². The molecule has 7 unspecified atom stereocenters. The summed E-state index contributed by atoms with van der Waals surface area (Å²) in [5.74, 6) is 5.05. The molecule has 0 heteroatoms. The molecule has 4 rings (SSSR count). The van der Waals surface area contributed by atoms with E-state index in [1.54, 1.807) is 38.5 Å². The van der Waals surface area contributed by atoms with Gasteiger partial charge in [0, 0.05) is 0 Å². The maximum Gasteiger partial charge on any atom is -0.0259 e. The Balaban J connectivity index is 1.63. The molecule has 0 aliphatic heterocycles. The Hall–Kier alpha value is 0. The van der Waals surface area contributed by atoms with E-state index in [1.807, 2.05) is 0 Å². The SMILES string of the molecule is CCC[C@@H](C)C1CCC2C1(C)CCC1C3(C)CCCCC3CCC12C. The van der Waals surface area contributed by atoms with Crippen LogP contribution < -0.4 is 0 Å². The van der Waals surface area contributed by atoms with Gasteiger partial charge in [-0.1, -0.05) is 60.3 Å². The Bertz CT molecular complexity index is 494. The molecule has 0 N–H and O–H groups in total. The third-order valence-corrected chi connectivity index (χ3v) is 10.7. The van der Waals surface area contributed by atoms with Crippen LogP contribution in [0.15, 0.2) is 0 Å². The Labute approximate surface area is 157 Å². The highest BCUT2D eigenvalue weighted by Crippen LogP contribution is 2.72. The summed E-state index contributed by atoms with van der Waals surface area (Å²) in [7, 11) is 0. The van der Waals surface area contributed by atoms with Gasteiger partial charge in [-0.15, -0.1) is 0 Å². The molecule has 8 atom stereocenters. The predicted molar refractivity (Wildman–Crippen MR) is 109 cm³/mol. The van der Waals surface area contributed by atoms with Crippen LogP contribution in [0.5, 0.6) is 0 Å². The molecule has 0 saturated heterocycles. The molecule has 25 heavy (non-hydrogen) atoms. The highest BCUT2D eigenvalue weighted by molar-refractivity contribution is 5.13. The van der Waals surface area contributed by atoms with E-state index in [0.717, 1.165) is 29.6 Å². The number of rotatable bonds is 3. The van der Waals surface area contributed by atoms with E-state index in [4.69, 9.17) is 0 Å². The topological polar surface area (TPSA) is 0 Å². The van der Waals surface area contributed by atoms with Crippen LogP contribution in [0.4, 0.5) is 0 Å². The lowest BCUT2D eigenvalue weighted by Gasteiger charge is -2.66. The van der Waals surface area contributed by atoms with Crippen molar-refractivity contribution in [2.24, 2.45) is 45.8 Å². The average Bonchev–Trinajstić information content (AvgIpc) is 2.93. The minimum Gasteiger partial charge on any atom is -0.0654 e. The fourth-order valence-corrected chi connectivity index (χ4v) is 9.61. The first-order valence-corrected chi connectivity index (χ1v) is 11.9. The molecule has 4 fully saturated rings. The number of hydrogen-bond acceptors (Lipinski definition) is 0. The zero-order valence-electron chi connectivity index (χ0n) is 17.9. The van der Waals surface area contributed by atoms with Gasteiger partial charge < -0.3 is 0 Å². The highest BCUT2D eigenvalue weighted by atomic mass is 14.7. The molecule has 4 aliphatic rings. The van der Waals surface area contributed by atoms with Gasteiger partial charge in [0.2, 0.25) is 0 Å². The van der Waals surface area contributed by atoms with E-state index >= 15 is 0 Å². The lowest BCUT2D eigenvalue weighted by Crippen LogP contribution is -2.58. The summed E-state index contributed by atoms with van der Waals surface area (Å²) >= 11 is 0. The zero-order chi connectivity index (χ0) is 17.9. The van der Waals surface area contributed by atoms with Crippen LogP contribution in [0.2, 0.25) is 0 Å².